The van der Waals surface area contributed by atoms with Gasteiger partial charge < -0.3 is 9.94 Å². The van der Waals surface area contributed by atoms with Gasteiger partial charge in [-0.1, -0.05) is 17.3 Å². The number of hydrogen-bond donors (Lipinski definition) is 1. The number of benzene rings is 1. The van der Waals surface area contributed by atoms with Crippen molar-refractivity contribution in [3.8, 4) is 6.07 Å². The van der Waals surface area contributed by atoms with Crippen LogP contribution in [-0.4, -0.2) is 46.9 Å². The predicted octanol–water partition coefficient (Wildman–Crippen LogP) is 1.60. The van der Waals surface area contributed by atoms with Crippen molar-refractivity contribution in [1.29, 1.82) is 5.26 Å². The molecule has 0 radical (unpaired) electrons. The molecular weight excluding hydrogens is 282 g/mol. The van der Waals surface area contributed by atoms with Crippen LogP contribution in [0.15, 0.2) is 29.4 Å². The second-order valence-electron chi connectivity index (χ2n) is 5.85. The van der Waals surface area contributed by atoms with Crippen molar-refractivity contribution in [1.82, 2.24) is 4.90 Å². The Hall–Kier alpha value is -2.39. The summed E-state index contributed by atoms with van der Waals surface area (Å²) >= 11 is 0. The fourth-order valence-electron chi connectivity index (χ4n) is 2.99. The first-order chi connectivity index (χ1) is 10.6. The predicted molar refractivity (Wildman–Crippen MR) is 79.4 cm³/mol. The molecule has 0 amide bonds. The molecule has 1 aromatic rings. The van der Waals surface area contributed by atoms with E-state index < -0.39 is 5.97 Å². The van der Waals surface area contributed by atoms with Crippen LogP contribution in [0, 0.1) is 11.3 Å². The van der Waals surface area contributed by atoms with Crippen molar-refractivity contribution in [3.63, 3.8) is 0 Å². The standard InChI is InChI=1S/C16H17N3O3/c17-10-12-1-3-13(4-2-12)14-9-16(22-18-14)5-7-19(8-6-16)11-15(20)21/h1-4H,5-9,11H2,(H,20,21). The summed E-state index contributed by atoms with van der Waals surface area (Å²) in [5.74, 6) is -0.794. The Balaban J connectivity index is 1.62. The zero-order valence-electron chi connectivity index (χ0n) is 12.2. The van der Waals surface area contributed by atoms with E-state index in [0.717, 1.165) is 30.5 Å². The van der Waals surface area contributed by atoms with Crippen LogP contribution >= 0.6 is 0 Å². The molecular formula is C16H17N3O3. The lowest BCUT2D eigenvalue weighted by Crippen LogP contribution is -2.46. The van der Waals surface area contributed by atoms with Gasteiger partial charge in [-0.25, -0.2) is 0 Å². The zero-order valence-corrected chi connectivity index (χ0v) is 12.2. The number of piperidine rings is 1. The third-order valence-corrected chi connectivity index (χ3v) is 4.31. The van der Waals surface area contributed by atoms with Crippen molar-refractivity contribution in [3.05, 3.63) is 35.4 Å². The first-order valence-electron chi connectivity index (χ1n) is 7.30. The number of rotatable bonds is 3. The Kier molecular flexibility index (Phi) is 3.82. The molecule has 3 rings (SSSR count). The van der Waals surface area contributed by atoms with E-state index in [1.165, 1.54) is 0 Å². The van der Waals surface area contributed by atoms with E-state index in [1.54, 1.807) is 12.1 Å². The van der Waals surface area contributed by atoms with Gasteiger partial charge in [-0.3, -0.25) is 9.69 Å². The van der Waals surface area contributed by atoms with Crippen LogP contribution in [0.4, 0.5) is 0 Å². The molecule has 1 fully saturated rings. The van der Waals surface area contributed by atoms with Crippen molar-refractivity contribution in [2.75, 3.05) is 19.6 Å². The van der Waals surface area contributed by atoms with E-state index >= 15 is 0 Å². The highest BCUT2D eigenvalue weighted by atomic mass is 16.7. The first kappa shape index (κ1) is 14.5. The number of carboxylic acids is 1. The van der Waals surface area contributed by atoms with Gasteiger partial charge in [0.2, 0.25) is 0 Å². The van der Waals surface area contributed by atoms with E-state index in [2.05, 4.69) is 11.2 Å². The quantitative estimate of drug-likeness (QED) is 0.916. The van der Waals surface area contributed by atoms with Crippen molar-refractivity contribution < 1.29 is 14.7 Å². The Morgan fingerprint density at radius 1 is 1.36 bits per heavy atom. The largest absolute Gasteiger partial charge is 0.480 e. The number of nitriles is 1. The normalized spacial score (nSPS) is 20.2. The molecule has 0 unspecified atom stereocenters. The van der Waals surface area contributed by atoms with Crippen LogP contribution in [0.5, 0.6) is 0 Å². The van der Waals surface area contributed by atoms with Crippen LogP contribution in [0.2, 0.25) is 0 Å². The molecule has 0 atom stereocenters. The van der Waals surface area contributed by atoms with Crippen molar-refractivity contribution in [2.24, 2.45) is 5.16 Å². The Morgan fingerprint density at radius 3 is 2.64 bits per heavy atom. The Morgan fingerprint density at radius 2 is 2.05 bits per heavy atom. The maximum atomic E-state index is 10.8. The van der Waals surface area contributed by atoms with E-state index in [1.807, 2.05) is 17.0 Å². The third kappa shape index (κ3) is 2.95. The summed E-state index contributed by atoms with van der Waals surface area (Å²) in [5, 5.41) is 21.9. The van der Waals surface area contributed by atoms with Crippen LogP contribution in [0.3, 0.4) is 0 Å². The van der Waals surface area contributed by atoms with E-state index in [4.69, 9.17) is 15.2 Å². The average molecular weight is 299 g/mol. The van der Waals surface area contributed by atoms with E-state index in [0.29, 0.717) is 18.7 Å². The molecule has 0 aromatic heterocycles. The lowest BCUT2D eigenvalue weighted by Gasteiger charge is -2.36. The Labute approximate surface area is 128 Å². The fourth-order valence-corrected chi connectivity index (χ4v) is 2.99. The summed E-state index contributed by atoms with van der Waals surface area (Å²) in [7, 11) is 0. The summed E-state index contributed by atoms with van der Waals surface area (Å²) in [4.78, 5) is 18.4. The van der Waals surface area contributed by atoms with E-state index in [9.17, 15) is 4.79 Å². The molecule has 0 bridgehead atoms. The minimum atomic E-state index is -0.794. The highest BCUT2D eigenvalue weighted by Crippen LogP contribution is 2.36. The monoisotopic (exact) mass is 299 g/mol. The molecule has 6 heteroatoms. The number of aliphatic carboxylic acids is 1. The third-order valence-electron chi connectivity index (χ3n) is 4.31. The van der Waals surface area contributed by atoms with E-state index in [-0.39, 0.29) is 12.1 Å². The van der Waals surface area contributed by atoms with Gasteiger partial charge >= 0.3 is 5.97 Å². The van der Waals surface area contributed by atoms with Crippen LogP contribution in [-0.2, 0) is 9.63 Å². The van der Waals surface area contributed by atoms with Gasteiger partial charge in [-0.05, 0) is 17.7 Å². The first-order valence-corrected chi connectivity index (χ1v) is 7.30. The summed E-state index contributed by atoms with van der Waals surface area (Å²) < 4.78 is 0. The maximum absolute atomic E-state index is 10.8. The lowest BCUT2D eigenvalue weighted by atomic mass is 9.85. The fraction of sp³-hybridized carbons (Fsp3) is 0.438. The van der Waals surface area contributed by atoms with Gasteiger partial charge in [-0.2, -0.15) is 5.26 Å². The zero-order chi connectivity index (χ0) is 15.6. The van der Waals surface area contributed by atoms with Crippen LogP contribution in [0.1, 0.15) is 30.4 Å². The Bertz CT molecular complexity index is 638. The number of nitrogens with zero attached hydrogens (tertiary/aromatic N) is 3. The highest BCUT2D eigenvalue weighted by Gasteiger charge is 2.42. The molecule has 2 heterocycles. The molecule has 114 valence electrons. The van der Waals surface area contributed by atoms with Gasteiger partial charge in [0.15, 0.2) is 0 Å². The van der Waals surface area contributed by atoms with Gasteiger partial charge in [0.05, 0.1) is 23.9 Å². The topological polar surface area (TPSA) is 85.9 Å². The number of hydrogen-bond acceptors (Lipinski definition) is 5. The number of carbonyl (C=O) groups is 1. The van der Waals surface area contributed by atoms with Gasteiger partial charge in [0, 0.05) is 32.4 Å². The highest BCUT2D eigenvalue weighted by molar-refractivity contribution is 6.01. The van der Waals surface area contributed by atoms with Crippen LogP contribution < -0.4 is 0 Å². The molecule has 2 aliphatic rings. The SMILES string of the molecule is N#Cc1ccc(C2=NOC3(CCN(CC(=O)O)CC3)C2)cc1. The lowest BCUT2D eigenvalue weighted by molar-refractivity contribution is -0.140. The van der Waals surface area contributed by atoms with Gasteiger partial charge in [0.1, 0.15) is 5.60 Å². The minimum absolute atomic E-state index is 0.0828. The molecule has 1 aromatic carbocycles. The number of carboxylic acid groups (broad SMARTS) is 1. The molecule has 0 saturated carbocycles. The summed E-state index contributed by atoms with van der Waals surface area (Å²) in [6.45, 7) is 1.50. The summed E-state index contributed by atoms with van der Waals surface area (Å²) in [6, 6.07) is 9.43. The maximum Gasteiger partial charge on any atom is 0.317 e. The summed E-state index contributed by atoms with van der Waals surface area (Å²) in [5.41, 5.74) is 2.21. The average Bonchev–Trinajstić information content (AvgIpc) is 2.94. The second kappa shape index (κ2) is 5.78. The minimum Gasteiger partial charge on any atom is -0.480 e. The molecule has 22 heavy (non-hydrogen) atoms. The molecule has 6 nitrogen and oxygen atoms in total. The number of likely N-dealkylation sites (tertiary alicyclic amines) is 1. The van der Waals surface area contributed by atoms with Gasteiger partial charge in [-0.15, -0.1) is 0 Å². The van der Waals surface area contributed by atoms with Gasteiger partial charge in [0.25, 0.3) is 0 Å². The molecule has 1 N–H and O–H groups in total. The molecule has 1 saturated heterocycles. The van der Waals surface area contributed by atoms with Crippen molar-refractivity contribution >= 4 is 11.7 Å². The van der Waals surface area contributed by atoms with Crippen molar-refractivity contribution in [2.45, 2.75) is 24.9 Å². The number of oxime groups is 1. The molecule has 1 spiro atoms. The summed E-state index contributed by atoms with van der Waals surface area (Å²) in [6.07, 6.45) is 2.30. The molecule has 2 aliphatic heterocycles. The smallest absolute Gasteiger partial charge is 0.317 e. The molecule has 0 aliphatic carbocycles. The second-order valence-corrected chi connectivity index (χ2v) is 5.85. The van der Waals surface area contributed by atoms with Crippen LogP contribution in [0.25, 0.3) is 0 Å².